The van der Waals surface area contributed by atoms with Crippen LogP contribution in [0.1, 0.15) is 29.9 Å². The third-order valence-electron chi connectivity index (χ3n) is 4.78. The smallest absolute Gasteiger partial charge is 0.263 e. The van der Waals surface area contributed by atoms with E-state index in [0.29, 0.717) is 23.8 Å². The average molecular weight is 373 g/mol. The number of nitrogens with one attached hydrogen (secondary N) is 1. The molecule has 6 heteroatoms. The number of thiophene rings is 1. The summed E-state index contributed by atoms with van der Waals surface area (Å²) in [5.41, 5.74) is 2.21. The number of aromatic nitrogens is 2. The third-order valence-corrected chi connectivity index (χ3v) is 6.22. The van der Waals surface area contributed by atoms with Gasteiger partial charge in [-0.15, -0.1) is 11.3 Å². The number of hydrogen-bond acceptors (Lipinski definition) is 4. The van der Waals surface area contributed by atoms with Gasteiger partial charge in [-0.05, 0) is 29.3 Å². The zero-order chi connectivity index (χ0) is 17.6. The first-order valence-electron chi connectivity index (χ1n) is 8.47. The van der Waals surface area contributed by atoms with Crippen LogP contribution in [0, 0.1) is 10.7 Å². The summed E-state index contributed by atoms with van der Waals surface area (Å²) in [5.74, 6) is 0.428. The van der Waals surface area contributed by atoms with Crippen LogP contribution in [0.15, 0.2) is 35.1 Å². The second-order valence-electron chi connectivity index (χ2n) is 6.81. The summed E-state index contributed by atoms with van der Waals surface area (Å²) in [6.45, 7) is 5.38. The minimum atomic E-state index is 0.00418. The van der Waals surface area contributed by atoms with Crippen molar-refractivity contribution in [3.63, 3.8) is 0 Å². The number of aromatic amines is 1. The number of fused-ring (bicyclic) bond motifs is 3. The van der Waals surface area contributed by atoms with Crippen molar-refractivity contribution in [2.75, 3.05) is 0 Å². The summed E-state index contributed by atoms with van der Waals surface area (Å²) in [4.78, 5) is 18.5. The van der Waals surface area contributed by atoms with Gasteiger partial charge in [0.05, 0.1) is 24.6 Å². The Balaban J connectivity index is 1.85. The van der Waals surface area contributed by atoms with E-state index in [1.807, 2.05) is 30.3 Å². The number of hydrogen-bond donors (Lipinski definition) is 1. The van der Waals surface area contributed by atoms with Gasteiger partial charge in [-0.2, -0.15) is 0 Å². The maximum Gasteiger partial charge on any atom is 0.263 e. The molecule has 1 N–H and O–H groups in total. The van der Waals surface area contributed by atoms with Crippen molar-refractivity contribution < 1.29 is 4.74 Å². The molecule has 0 saturated carbocycles. The molecule has 25 heavy (non-hydrogen) atoms. The minimum absolute atomic E-state index is 0.00418. The molecule has 0 aliphatic carbocycles. The summed E-state index contributed by atoms with van der Waals surface area (Å²) < 4.78 is 8.09. The highest BCUT2D eigenvalue weighted by Gasteiger charge is 2.27. The predicted molar refractivity (Wildman–Crippen MR) is 104 cm³/mol. The maximum absolute atomic E-state index is 13.2. The molecular weight excluding hydrogens is 352 g/mol. The fourth-order valence-corrected chi connectivity index (χ4v) is 4.79. The van der Waals surface area contributed by atoms with Gasteiger partial charge in [-0.25, -0.2) is 0 Å². The average Bonchev–Trinajstić information content (AvgIpc) is 2.96. The lowest BCUT2D eigenvalue weighted by atomic mass is 9.96. The molecule has 0 spiro atoms. The molecule has 130 valence electrons. The molecule has 0 radical (unpaired) electrons. The molecule has 4 nitrogen and oxygen atoms in total. The zero-order valence-electron chi connectivity index (χ0n) is 14.2. The standard InChI is InChI=1S/C19H20N2O2S2/c1-11(2)14-8-13-15(10-23-14)25-17-16(13)18(22)21(19(24)20-17)9-12-6-4-3-5-7-12/h3-7,11,14H,8-10H2,1-2H3,(H,20,24)/t14-/m1/s1. The summed E-state index contributed by atoms with van der Waals surface area (Å²) in [6.07, 6.45) is 0.952. The first-order valence-corrected chi connectivity index (χ1v) is 9.70. The van der Waals surface area contributed by atoms with Gasteiger partial charge < -0.3 is 9.72 Å². The van der Waals surface area contributed by atoms with Gasteiger partial charge in [0.2, 0.25) is 0 Å². The molecule has 0 amide bonds. The molecule has 1 atom stereocenters. The topological polar surface area (TPSA) is 47.0 Å². The van der Waals surface area contributed by atoms with Gasteiger partial charge in [0.1, 0.15) is 4.83 Å². The number of H-pyrrole nitrogens is 1. The van der Waals surface area contributed by atoms with Crippen molar-refractivity contribution in [3.8, 4) is 0 Å². The van der Waals surface area contributed by atoms with Gasteiger partial charge in [-0.1, -0.05) is 44.2 Å². The molecule has 0 fully saturated rings. The lowest BCUT2D eigenvalue weighted by Gasteiger charge is -2.26. The Morgan fingerprint density at radius 2 is 2.12 bits per heavy atom. The van der Waals surface area contributed by atoms with E-state index in [0.717, 1.165) is 32.6 Å². The molecule has 4 rings (SSSR count). The highest BCUT2D eigenvalue weighted by molar-refractivity contribution is 7.71. The highest BCUT2D eigenvalue weighted by atomic mass is 32.1. The fraction of sp³-hybridized carbons (Fsp3) is 0.368. The van der Waals surface area contributed by atoms with E-state index in [-0.39, 0.29) is 11.7 Å². The first-order chi connectivity index (χ1) is 12.0. The van der Waals surface area contributed by atoms with Crippen LogP contribution in [0.4, 0.5) is 0 Å². The predicted octanol–water partition coefficient (Wildman–Crippen LogP) is 4.27. The highest BCUT2D eigenvalue weighted by Crippen LogP contribution is 2.34. The lowest BCUT2D eigenvalue weighted by molar-refractivity contribution is 0.00200. The van der Waals surface area contributed by atoms with Crippen LogP contribution < -0.4 is 5.56 Å². The Labute approximate surface area is 155 Å². The first kappa shape index (κ1) is 16.7. The normalized spacial score (nSPS) is 17.2. The number of benzene rings is 1. The van der Waals surface area contributed by atoms with Crippen LogP contribution in [0.2, 0.25) is 0 Å². The molecule has 2 aromatic heterocycles. The van der Waals surface area contributed by atoms with E-state index in [1.54, 1.807) is 15.9 Å². The van der Waals surface area contributed by atoms with Crippen molar-refractivity contribution in [2.24, 2.45) is 5.92 Å². The van der Waals surface area contributed by atoms with E-state index < -0.39 is 0 Å². The minimum Gasteiger partial charge on any atom is -0.372 e. The molecule has 1 aliphatic rings. The number of nitrogens with zero attached hydrogens (tertiary/aromatic N) is 1. The zero-order valence-corrected chi connectivity index (χ0v) is 15.9. The summed E-state index contributed by atoms with van der Waals surface area (Å²) in [6, 6.07) is 9.94. The number of ether oxygens (including phenoxy) is 1. The van der Waals surface area contributed by atoms with Crippen molar-refractivity contribution in [3.05, 3.63) is 61.5 Å². The fourth-order valence-electron chi connectivity index (χ4n) is 3.33. The Bertz CT molecular complexity index is 1030. The molecule has 1 aromatic carbocycles. The molecule has 0 bridgehead atoms. The van der Waals surface area contributed by atoms with E-state index in [2.05, 4.69) is 18.8 Å². The molecular formula is C19H20N2O2S2. The van der Waals surface area contributed by atoms with Crippen LogP contribution in [0.3, 0.4) is 0 Å². The van der Waals surface area contributed by atoms with Gasteiger partial charge in [0.25, 0.3) is 5.56 Å². The Morgan fingerprint density at radius 1 is 1.36 bits per heavy atom. The van der Waals surface area contributed by atoms with E-state index in [4.69, 9.17) is 17.0 Å². The van der Waals surface area contributed by atoms with Crippen LogP contribution in [0.5, 0.6) is 0 Å². The van der Waals surface area contributed by atoms with Crippen LogP contribution in [0.25, 0.3) is 10.2 Å². The molecule has 0 unspecified atom stereocenters. The van der Waals surface area contributed by atoms with E-state index in [9.17, 15) is 4.79 Å². The second kappa shape index (κ2) is 6.52. The van der Waals surface area contributed by atoms with Gasteiger partial charge in [0.15, 0.2) is 4.77 Å². The SMILES string of the molecule is CC(C)[C@H]1Cc2c(sc3[nH]c(=S)n(Cc4ccccc4)c(=O)c23)CO1. The van der Waals surface area contributed by atoms with Gasteiger partial charge in [0, 0.05) is 11.3 Å². The van der Waals surface area contributed by atoms with Gasteiger partial charge >= 0.3 is 0 Å². The molecule has 3 heterocycles. The van der Waals surface area contributed by atoms with E-state index in [1.165, 1.54) is 0 Å². The quantitative estimate of drug-likeness (QED) is 0.699. The van der Waals surface area contributed by atoms with Crippen molar-refractivity contribution in [1.29, 1.82) is 0 Å². The lowest BCUT2D eigenvalue weighted by Crippen LogP contribution is -2.28. The molecule has 0 saturated heterocycles. The Kier molecular flexibility index (Phi) is 4.35. The maximum atomic E-state index is 13.2. The Morgan fingerprint density at radius 3 is 2.84 bits per heavy atom. The second-order valence-corrected chi connectivity index (χ2v) is 8.30. The molecule has 1 aliphatic heterocycles. The van der Waals surface area contributed by atoms with E-state index >= 15 is 0 Å². The summed E-state index contributed by atoms with van der Waals surface area (Å²) >= 11 is 7.05. The Hall–Kier alpha value is -1.76. The number of rotatable bonds is 3. The van der Waals surface area contributed by atoms with Crippen molar-refractivity contribution >= 4 is 33.8 Å². The van der Waals surface area contributed by atoms with Crippen LogP contribution in [-0.2, 0) is 24.3 Å². The van der Waals surface area contributed by atoms with Crippen LogP contribution in [-0.4, -0.2) is 15.7 Å². The van der Waals surface area contributed by atoms with Crippen molar-refractivity contribution in [1.82, 2.24) is 9.55 Å². The largest absolute Gasteiger partial charge is 0.372 e. The monoisotopic (exact) mass is 372 g/mol. The van der Waals surface area contributed by atoms with Crippen LogP contribution >= 0.6 is 23.6 Å². The van der Waals surface area contributed by atoms with Gasteiger partial charge in [-0.3, -0.25) is 9.36 Å². The summed E-state index contributed by atoms with van der Waals surface area (Å²) in [7, 11) is 0. The summed E-state index contributed by atoms with van der Waals surface area (Å²) in [5, 5.41) is 0.790. The third kappa shape index (κ3) is 2.99. The van der Waals surface area contributed by atoms with Crippen molar-refractivity contribution in [2.45, 2.75) is 39.5 Å². The molecule has 3 aromatic rings.